The SMILES string of the molecule is CN(CBr)CCc1ccc2[nH]c(=O)[nH]c2c1. The Hall–Kier alpha value is -1.07. The summed E-state index contributed by atoms with van der Waals surface area (Å²) in [4.78, 5) is 18.8. The molecule has 86 valence electrons. The van der Waals surface area contributed by atoms with E-state index in [1.807, 2.05) is 18.2 Å². The highest BCUT2D eigenvalue weighted by Gasteiger charge is 2.01. The summed E-state index contributed by atoms with van der Waals surface area (Å²) in [6.07, 6.45) is 0.977. The van der Waals surface area contributed by atoms with Crippen LogP contribution in [0.1, 0.15) is 5.56 Å². The first kappa shape index (κ1) is 11.4. The minimum Gasteiger partial charge on any atom is -0.306 e. The van der Waals surface area contributed by atoms with E-state index in [1.54, 1.807) is 0 Å². The van der Waals surface area contributed by atoms with Gasteiger partial charge in [-0.1, -0.05) is 22.0 Å². The minimum atomic E-state index is -0.148. The van der Waals surface area contributed by atoms with Crippen LogP contribution in [-0.2, 0) is 6.42 Å². The van der Waals surface area contributed by atoms with Crippen LogP contribution in [0.2, 0.25) is 0 Å². The lowest BCUT2D eigenvalue weighted by Crippen LogP contribution is -2.18. The molecule has 0 aliphatic heterocycles. The van der Waals surface area contributed by atoms with Gasteiger partial charge < -0.3 is 9.97 Å². The van der Waals surface area contributed by atoms with Gasteiger partial charge in [0.25, 0.3) is 0 Å². The van der Waals surface area contributed by atoms with E-state index in [0.717, 1.165) is 29.5 Å². The molecule has 1 aromatic heterocycles. The van der Waals surface area contributed by atoms with Crippen LogP contribution in [-0.4, -0.2) is 33.9 Å². The van der Waals surface area contributed by atoms with Crippen molar-refractivity contribution in [2.24, 2.45) is 0 Å². The highest BCUT2D eigenvalue weighted by atomic mass is 79.9. The predicted molar refractivity (Wildman–Crippen MR) is 69.0 cm³/mol. The number of fused-ring (bicyclic) bond motifs is 1. The van der Waals surface area contributed by atoms with Crippen molar-refractivity contribution in [3.05, 3.63) is 34.2 Å². The first-order chi connectivity index (χ1) is 7.69. The summed E-state index contributed by atoms with van der Waals surface area (Å²) in [6.45, 7) is 0.991. The lowest BCUT2D eigenvalue weighted by Gasteiger charge is -2.12. The van der Waals surface area contributed by atoms with Crippen LogP contribution in [0.3, 0.4) is 0 Å². The molecule has 1 aromatic carbocycles. The number of aromatic amines is 2. The lowest BCUT2D eigenvalue weighted by atomic mass is 10.1. The predicted octanol–water partition coefficient (Wildman–Crippen LogP) is 1.68. The van der Waals surface area contributed by atoms with Crippen molar-refractivity contribution < 1.29 is 0 Å². The fraction of sp³-hybridized carbons (Fsp3) is 0.364. The van der Waals surface area contributed by atoms with Crippen molar-refractivity contribution in [3.63, 3.8) is 0 Å². The Balaban J connectivity index is 2.16. The number of likely N-dealkylation sites (N-methyl/N-ethyl adjacent to an activating group) is 1. The van der Waals surface area contributed by atoms with Gasteiger partial charge in [-0.15, -0.1) is 0 Å². The number of imidazole rings is 1. The molecule has 0 aliphatic carbocycles. The van der Waals surface area contributed by atoms with E-state index in [1.165, 1.54) is 5.56 Å². The van der Waals surface area contributed by atoms with Crippen molar-refractivity contribution in [2.45, 2.75) is 6.42 Å². The van der Waals surface area contributed by atoms with Crippen molar-refractivity contribution in [3.8, 4) is 0 Å². The number of alkyl halides is 1. The third-order valence-corrected chi connectivity index (χ3v) is 3.42. The molecular weight excluding hydrogens is 270 g/mol. The first-order valence-electron chi connectivity index (χ1n) is 5.14. The Morgan fingerprint density at radius 1 is 1.31 bits per heavy atom. The topological polar surface area (TPSA) is 51.9 Å². The molecule has 2 aromatic rings. The van der Waals surface area contributed by atoms with Gasteiger partial charge in [-0.25, -0.2) is 4.79 Å². The second kappa shape index (κ2) is 4.84. The molecule has 1 heterocycles. The standard InChI is InChI=1S/C11H14BrN3O/c1-15(7-12)5-4-8-2-3-9-10(6-8)14-11(16)13-9/h2-3,6H,4-5,7H2,1H3,(H2,13,14,16). The zero-order chi connectivity index (χ0) is 11.5. The quantitative estimate of drug-likeness (QED) is 0.663. The Morgan fingerprint density at radius 3 is 2.81 bits per heavy atom. The molecule has 0 saturated carbocycles. The lowest BCUT2D eigenvalue weighted by molar-refractivity contribution is 0.401. The van der Waals surface area contributed by atoms with Crippen LogP contribution in [0.25, 0.3) is 11.0 Å². The van der Waals surface area contributed by atoms with E-state index in [2.05, 4.69) is 37.8 Å². The number of halogens is 1. The molecule has 0 unspecified atom stereocenters. The Labute approximate surface area is 102 Å². The van der Waals surface area contributed by atoms with Crippen LogP contribution in [0.5, 0.6) is 0 Å². The van der Waals surface area contributed by atoms with E-state index in [9.17, 15) is 4.79 Å². The summed E-state index contributed by atoms with van der Waals surface area (Å²) in [5.74, 6) is 0. The molecule has 0 radical (unpaired) electrons. The average molecular weight is 284 g/mol. The fourth-order valence-corrected chi connectivity index (χ4v) is 1.87. The Kier molecular flexibility index (Phi) is 3.46. The minimum absolute atomic E-state index is 0.148. The zero-order valence-corrected chi connectivity index (χ0v) is 10.7. The Bertz CT molecular complexity index is 531. The molecule has 16 heavy (non-hydrogen) atoms. The van der Waals surface area contributed by atoms with E-state index in [4.69, 9.17) is 0 Å². The highest BCUT2D eigenvalue weighted by molar-refractivity contribution is 9.09. The molecule has 2 N–H and O–H groups in total. The van der Waals surface area contributed by atoms with Gasteiger partial charge in [0, 0.05) is 6.54 Å². The third kappa shape index (κ3) is 2.54. The van der Waals surface area contributed by atoms with Gasteiger partial charge >= 0.3 is 5.69 Å². The van der Waals surface area contributed by atoms with Crippen molar-refractivity contribution >= 4 is 27.0 Å². The molecule has 0 atom stereocenters. The smallest absolute Gasteiger partial charge is 0.306 e. The maximum Gasteiger partial charge on any atom is 0.323 e. The molecular formula is C11H14BrN3O. The van der Waals surface area contributed by atoms with Crippen LogP contribution < -0.4 is 5.69 Å². The van der Waals surface area contributed by atoms with Gasteiger partial charge in [-0.2, -0.15) is 0 Å². The average Bonchev–Trinajstić information content (AvgIpc) is 2.65. The van der Waals surface area contributed by atoms with Gasteiger partial charge in [-0.05, 0) is 31.2 Å². The van der Waals surface area contributed by atoms with Crippen LogP contribution in [0, 0.1) is 0 Å². The first-order valence-corrected chi connectivity index (χ1v) is 6.26. The molecule has 5 heteroatoms. The Morgan fingerprint density at radius 2 is 2.06 bits per heavy atom. The third-order valence-electron chi connectivity index (χ3n) is 2.57. The number of rotatable bonds is 4. The van der Waals surface area contributed by atoms with Gasteiger partial charge in [0.1, 0.15) is 0 Å². The van der Waals surface area contributed by atoms with Crippen molar-refractivity contribution in [2.75, 3.05) is 19.0 Å². The van der Waals surface area contributed by atoms with E-state index in [-0.39, 0.29) is 5.69 Å². The van der Waals surface area contributed by atoms with Gasteiger partial charge in [0.05, 0.1) is 16.5 Å². The normalized spacial score (nSPS) is 11.4. The van der Waals surface area contributed by atoms with E-state index >= 15 is 0 Å². The van der Waals surface area contributed by atoms with Crippen molar-refractivity contribution in [1.29, 1.82) is 0 Å². The maximum absolute atomic E-state index is 11.1. The monoisotopic (exact) mass is 283 g/mol. The van der Waals surface area contributed by atoms with Gasteiger partial charge in [0.15, 0.2) is 0 Å². The van der Waals surface area contributed by atoms with Gasteiger partial charge in [-0.3, -0.25) is 4.90 Å². The maximum atomic E-state index is 11.1. The summed E-state index contributed by atoms with van der Waals surface area (Å²) in [7, 11) is 2.06. The largest absolute Gasteiger partial charge is 0.323 e. The number of nitrogens with one attached hydrogen (secondary N) is 2. The van der Waals surface area contributed by atoms with E-state index in [0.29, 0.717) is 0 Å². The van der Waals surface area contributed by atoms with Crippen LogP contribution in [0.15, 0.2) is 23.0 Å². The summed E-state index contributed by atoms with van der Waals surface area (Å²) < 4.78 is 0. The second-order valence-electron chi connectivity index (χ2n) is 3.91. The number of hydrogen-bond acceptors (Lipinski definition) is 2. The summed E-state index contributed by atoms with van der Waals surface area (Å²) in [5, 5.41) is 0. The molecule has 4 nitrogen and oxygen atoms in total. The number of hydrogen-bond donors (Lipinski definition) is 2. The number of benzene rings is 1. The molecule has 0 amide bonds. The summed E-state index contributed by atoms with van der Waals surface area (Å²) in [6, 6.07) is 6.01. The second-order valence-corrected chi connectivity index (χ2v) is 4.41. The molecule has 0 aliphatic rings. The molecule has 0 spiro atoms. The summed E-state index contributed by atoms with van der Waals surface area (Å²) in [5.41, 5.74) is 3.70. The van der Waals surface area contributed by atoms with Crippen molar-refractivity contribution in [1.82, 2.24) is 14.9 Å². The number of nitrogens with zero attached hydrogens (tertiary/aromatic N) is 1. The highest BCUT2D eigenvalue weighted by Crippen LogP contribution is 2.11. The molecule has 0 fully saturated rings. The number of H-pyrrole nitrogens is 2. The molecule has 2 rings (SSSR count). The molecule has 0 bridgehead atoms. The van der Waals surface area contributed by atoms with Crippen LogP contribution in [0.4, 0.5) is 0 Å². The summed E-state index contributed by atoms with van der Waals surface area (Å²) >= 11 is 3.40. The number of aromatic nitrogens is 2. The fourth-order valence-electron chi connectivity index (χ4n) is 1.61. The van der Waals surface area contributed by atoms with E-state index < -0.39 is 0 Å². The van der Waals surface area contributed by atoms with Crippen LogP contribution >= 0.6 is 15.9 Å². The van der Waals surface area contributed by atoms with Gasteiger partial charge in [0.2, 0.25) is 0 Å². The molecule has 0 saturated heterocycles. The zero-order valence-electron chi connectivity index (χ0n) is 9.09.